The average molecular weight is 379 g/mol. The lowest BCUT2D eigenvalue weighted by molar-refractivity contribution is -0.200. The maximum atomic E-state index is 13.7. The normalized spacial score (nSPS) is 19.7. The Balaban J connectivity index is 1.92. The molecule has 2 aromatic heterocycles. The second-order valence-electron chi connectivity index (χ2n) is 5.62. The Morgan fingerprint density at radius 3 is 2.44 bits per heavy atom. The highest BCUT2D eigenvalue weighted by Gasteiger charge is 2.68. The van der Waals surface area contributed by atoms with Gasteiger partial charge in [-0.1, -0.05) is 6.07 Å². The number of pyridine rings is 2. The molecule has 3 rings (SSSR count). The van der Waals surface area contributed by atoms with Crippen molar-refractivity contribution in [2.45, 2.75) is 18.4 Å². The summed E-state index contributed by atoms with van der Waals surface area (Å²) in [5.74, 6) is -2.82. The molecule has 0 aromatic carbocycles. The maximum Gasteiger partial charge on any atom is 0.440 e. The molecule has 1 fully saturated rings. The van der Waals surface area contributed by atoms with Crippen LogP contribution in [0, 0.1) is 0 Å². The van der Waals surface area contributed by atoms with Gasteiger partial charge in [-0.05, 0) is 23.8 Å². The van der Waals surface area contributed by atoms with Crippen molar-refractivity contribution in [2.75, 3.05) is 0 Å². The van der Waals surface area contributed by atoms with Crippen molar-refractivity contribution in [3.63, 3.8) is 0 Å². The fourth-order valence-corrected chi connectivity index (χ4v) is 2.49. The van der Waals surface area contributed by atoms with Gasteiger partial charge in [-0.3, -0.25) is 29.8 Å². The SMILES string of the molecule is O=C(N[C@@]1(C(F)(F)F)NC(=O)N(Cc2cccnc2)C1=O)c1ccncc1. The Kier molecular flexibility index (Phi) is 4.52. The van der Waals surface area contributed by atoms with Crippen molar-refractivity contribution >= 4 is 17.8 Å². The second-order valence-corrected chi connectivity index (χ2v) is 5.62. The van der Waals surface area contributed by atoms with Gasteiger partial charge in [-0.2, -0.15) is 13.2 Å². The summed E-state index contributed by atoms with van der Waals surface area (Å²) in [6.07, 6.45) is -0.113. The fraction of sp³-hybridized carbons (Fsp3) is 0.188. The topological polar surface area (TPSA) is 104 Å². The van der Waals surface area contributed by atoms with E-state index in [1.54, 1.807) is 10.6 Å². The summed E-state index contributed by atoms with van der Waals surface area (Å²) < 4.78 is 41.2. The molecule has 2 N–H and O–H groups in total. The van der Waals surface area contributed by atoms with Gasteiger partial charge < -0.3 is 5.32 Å². The van der Waals surface area contributed by atoms with E-state index >= 15 is 0 Å². The third kappa shape index (κ3) is 3.30. The van der Waals surface area contributed by atoms with Gasteiger partial charge in [0.15, 0.2) is 0 Å². The Morgan fingerprint density at radius 2 is 1.85 bits per heavy atom. The van der Waals surface area contributed by atoms with Crippen LogP contribution < -0.4 is 10.6 Å². The average Bonchev–Trinajstić information content (AvgIpc) is 2.88. The molecule has 1 aliphatic rings. The summed E-state index contributed by atoms with van der Waals surface area (Å²) >= 11 is 0. The molecule has 0 radical (unpaired) electrons. The first-order chi connectivity index (χ1) is 12.7. The van der Waals surface area contributed by atoms with Crippen LogP contribution in [0.15, 0.2) is 49.1 Å². The van der Waals surface area contributed by atoms with Crippen molar-refractivity contribution in [1.29, 1.82) is 0 Å². The van der Waals surface area contributed by atoms with Crippen LogP contribution in [0.3, 0.4) is 0 Å². The van der Waals surface area contributed by atoms with Crippen LogP contribution in [0.2, 0.25) is 0 Å². The molecule has 0 bridgehead atoms. The molecule has 0 spiro atoms. The zero-order valence-corrected chi connectivity index (χ0v) is 13.5. The van der Waals surface area contributed by atoms with Crippen LogP contribution in [-0.4, -0.2) is 44.6 Å². The van der Waals surface area contributed by atoms with Crippen molar-refractivity contribution in [3.05, 3.63) is 60.2 Å². The van der Waals surface area contributed by atoms with Gasteiger partial charge in [-0.25, -0.2) is 4.79 Å². The number of urea groups is 1. The number of carbonyl (C=O) groups excluding carboxylic acids is 3. The predicted octanol–water partition coefficient (Wildman–Crippen LogP) is 1.22. The zero-order chi connectivity index (χ0) is 19.7. The van der Waals surface area contributed by atoms with Crippen LogP contribution in [0.4, 0.5) is 18.0 Å². The number of amides is 4. The molecule has 0 unspecified atom stereocenters. The lowest BCUT2D eigenvalue weighted by Crippen LogP contribution is -2.69. The lowest BCUT2D eigenvalue weighted by atomic mass is 10.1. The van der Waals surface area contributed by atoms with E-state index in [1.807, 2.05) is 0 Å². The minimum Gasteiger partial charge on any atom is -0.314 e. The molecular formula is C16H12F3N5O3. The molecule has 0 saturated carbocycles. The monoisotopic (exact) mass is 379 g/mol. The molecule has 2 aromatic rings. The third-order valence-corrected chi connectivity index (χ3v) is 3.84. The van der Waals surface area contributed by atoms with Gasteiger partial charge in [0.1, 0.15) is 0 Å². The Hall–Kier alpha value is -3.50. The van der Waals surface area contributed by atoms with E-state index in [9.17, 15) is 27.6 Å². The first-order valence-corrected chi connectivity index (χ1v) is 7.57. The number of nitrogens with zero attached hydrogens (tertiary/aromatic N) is 3. The molecule has 11 heteroatoms. The Bertz CT molecular complexity index is 876. The summed E-state index contributed by atoms with van der Waals surface area (Å²) in [7, 11) is 0. The van der Waals surface area contributed by atoms with Crippen LogP contribution in [0.5, 0.6) is 0 Å². The summed E-state index contributed by atoms with van der Waals surface area (Å²) in [4.78, 5) is 44.6. The number of imide groups is 1. The summed E-state index contributed by atoms with van der Waals surface area (Å²) in [6, 6.07) is 4.07. The number of halogens is 3. The van der Waals surface area contributed by atoms with E-state index in [0.29, 0.717) is 10.5 Å². The maximum absolute atomic E-state index is 13.7. The number of hydrogen-bond acceptors (Lipinski definition) is 5. The molecule has 3 heterocycles. The Morgan fingerprint density at radius 1 is 1.15 bits per heavy atom. The molecule has 4 amide bonds. The van der Waals surface area contributed by atoms with Crippen molar-refractivity contribution in [1.82, 2.24) is 25.5 Å². The van der Waals surface area contributed by atoms with E-state index < -0.39 is 36.2 Å². The third-order valence-electron chi connectivity index (χ3n) is 3.84. The molecule has 1 saturated heterocycles. The van der Waals surface area contributed by atoms with Gasteiger partial charge in [0, 0.05) is 30.4 Å². The number of aromatic nitrogens is 2. The first-order valence-electron chi connectivity index (χ1n) is 7.57. The minimum atomic E-state index is -5.27. The molecule has 27 heavy (non-hydrogen) atoms. The first kappa shape index (κ1) is 18.3. The molecule has 8 nitrogen and oxygen atoms in total. The van der Waals surface area contributed by atoms with E-state index in [-0.39, 0.29) is 5.56 Å². The highest BCUT2D eigenvalue weighted by atomic mass is 19.4. The summed E-state index contributed by atoms with van der Waals surface area (Å²) in [6.45, 7) is -0.429. The standard InChI is InChI=1S/C16H12F3N5O3/c17-16(18,19)15(22-12(25)11-3-6-20-7-4-11)13(26)24(14(27)23-15)9-10-2-1-5-21-8-10/h1-8H,9H2,(H,22,25)(H,23,27)/t15-/m1/s1. The zero-order valence-electron chi connectivity index (χ0n) is 13.5. The molecule has 0 aliphatic carbocycles. The van der Waals surface area contributed by atoms with E-state index in [2.05, 4.69) is 9.97 Å². The van der Waals surface area contributed by atoms with Gasteiger partial charge in [0.25, 0.3) is 17.5 Å². The lowest BCUT2D eigenvalue weighted by Gasteiger charge is -2.29. The van der Waals surface area contributed by atoms with E-state index in [4.69, 9.17) is 0 Å². The van der Waals surface area contributed by atoms with Crippen molar-refractivity contribution in [2.24, 2.45) is 0 Å². The van der Waals surface area contributed by atoms with Crippen LogP contribution >= 0.6 is 0 Å². The number of alkyl halides is 3. The van der Waals surface area contributed by atoms with Crippen LogP contribution in [0.25, 0.3) is 0 Å². The number of carbonyl (C=O) groups is 3. The predicted molar refractivity (Wildman–Crippen MR) is 83.8 cm³/mol. The fourth-order valence-electron chi connectivity index (χ4n) is 2.49. The molecule has 1 atom stereocenters. The second kappa shape index (κ2) is 6.67. The van der Waals surface area contributed by atoms with Crippen LogP contribution in [-0.2, 0) is 11.3 Å². The minimum absolute atomic E-state index is 0.151. The molecular weight excluding hydrogens is 367 g/mol. The van der Waals surface area contributed by atoms with Crippen molar-refractivity contribution in [3.8, 4) is 0 Å². The van der Waals surface area contributed by atoms with E-state index in [0.717, 1.165) is 0 Å². The van der Waals surface area contributed by atoms with Crippen LogP contribution in [0.1, 0.15) is 15.9 Å². The largest absolute Gasteiger partial charge is 0.440 e. The highest BCUT2D eigenvalue weighted by Crippen LogP contribution is 2.34. The van der Waals surface area contributed by atoms with Crippen molar-refractivity contribution < 1.29 is 27.6 Å². The van der Waals surface area contributed by atoms with Gasteiger partial charge in [-0.15, -0.1) is 0 Å². The molecule has 1 aliphatic heterocycles. The van der Waals surface area contributed by atoms with Gasteiger partial charge in [0.05, 0.1) is 6.54 Å². The number of hydrogen-bond donors (Lipinski definition) is 2. The summed E-state index contributed by atoms with van der Waals surface area (Å²) in [5.41, 5.74) is -3.37. The number of rotatable bonds is 4. The summed E-state index contributed by atoms with van der Waals surface area (Å²) in [5, 5.41) is 3.19. The van der Waals surface area contributed by atoms with E-state index in [1.165, 1.54) is 49.1 Å². The highest BCUT2D eigenvalue weighted by molar-refractivity contribution is 6.10. The Labute approximate surface area is 150 Å². The quantitative estimate of drug-likeness (QED) is 0.778. The number of nitrogens with one attached hydrogen (secondary N) is 2. The van der Waals surface area contributed by atoms with Gasteiger partial charge in [0.2, 0.25) is 0 Å². The smallest absolute Gasteiger partial charge is 0.314 e. The van der Waals surface area contributed by atoms with Gasteiger partial charge >= 0.3 is 12.2 Å². The molecule has 140 valence electrons.